The van der Waals surface area contributed by atoms with Crippen LogP contribution in [0.2, 0.25) is 0 Å². The predicted molar refractivity (Wildman–Crippen MR) is 88.9 cm³/mol. The minimum absolute atomic E-state index is 0.117. The van der Waals surface area contributed by atoms with Crippen molar-refractivity contribution in [3.63, 3.8) is 0 Å². The van der Waals surface area contributed by atoms with Gasteiger partial charge in [-0.05, 0) is 42.0 Å². The summed E-state index contributed by atoms with van der Waals surface area (Å²) in [5.41, 5.74) is 2.13. The predicted octanol–water partition coefficient (Wildman–Crippen LogP) is 4.42. The highest BCUT2D eigenvalue weighted by Crippen LogP contribution is 2.36. The molecule has 0 radical (unpaired) electrons. The fourth-order valence-corrected chi connectivity index (χ4v) is 3.38. The van der Waals surface area contributed by atoms with Crippen LogP contribution in [0.5, 0.6) is 11.5 Å². The van der Waals surface area contributed by atoms with E-state index >= 15 is 0 Å². The van der Waals surface area contributed by atoms with E-state index in [1.54, 1.807) is 14.2 Å². The molecule has 1 fully saturated rings. The van der Waals surface area contributed by atoms with Crippen molar-refractivity contribution in [1.29, 1.82) is 0 Å². The lowest BCUT2D eigenvalue weighted by Crippen LogP contribution is -2.11. The van der Waals surface area contributed by atoms with Crippen molar-refractivity contribution in [1.82, 2.24) is 0 Å². The van der Waals surface area contributed by atoms with Crippen molar-refractivity contribution < 1.29 is 14.6 Å². The summed E-state index contributed by atoms with van der Waals surface area (Å²) in [4.78, 5) is 0. The molecule has 1 N–H and O–H groups in total. The minimum atomic E-state index is 0.117. The molecule has 1 aromatic carbocycles. The van der Waals surface area contributed by atoms with Gasteiger partial charge in [0.2, 0.25) is 0 Å². The molecular formula is C17H23BrO3. The molecule has 2 rings (SSSR count). The lowest BCUT2D eigenvalue weighted by atomic mass is 9.83. The summed E-state index contributed by atoms with van der Waals surface area (Å²) in [5.74, 6) is 1.90. The van der Waals surface area contributed by atoms with E-state index in [0.29, 0.717) is 17.4 Å². The molecule has 116 valence electrons. The van der Waals surface area contributed by atoms with Gasteiger partial charge in [0.1, 0.15) is 0 Å². The topological polar surface area (TPSA) is 38.7 Å². The maximum atomic E-state index is 9.72. The Kier molecular flexibility index (Phi) is 6.12. The third kappa shape index (κ3) is 4.01. The van der Waals surface area contributed by atoms with E-state index in [2.05, 4.69) is 22.0 Å². The second kappa shape index (κ2) is 7.85. The van der Waals surface area contributed by atoms with Gasteiger partial charge in [0.15, 0.2) is 11.5 Å². The van der Waals surface area contributed by atoms with Crippen molar-refractivity contribution in [2.24, 2.45) is 5.92 Å². The van der Waals surface area contributed by atoms with Gasteiger partial charge < -0.3 is 14.6 Å². The summed E-state index contributed by atoms with van der Waals surface area (Å²) in [6.45, 7) is 0.117. The highest BCUT2D eigenvalue weighted by molar-refractivity contribution is 9.10. The number of aliphatic hydroxyl groups is 1. The van der Waals surface area contributed by atoms with Crippen LogP contribution in [-0.2, 0) is 0 Å². The Morgan fingerprint density at radius 1 is 1.19 bits per heavy atom. The Labute approximate surface area is 135 Å². The van der Waals surface area contributed by atoms with Crippen molar-refractivity contribution in [2.45, 2.75) is 32.1 Å². The van der Waals surface area contributed by atoms with E-state index in [-0.39, 0.29) is 6.61 Å². The number of hydrogen-bond acceptors (Lipinski definition) is 3. The molecule has 1 aliphatic rings. The Morgan fingerprint density at radius 2 is 1.81 bits per heavy atom. The molecule has 0 aliphatic heterocycles. The highest BCUT2D eigenvalue weighted by atomic mass is 79.9. The Bertz CT molecular complexity index is 505. The minimum Gasteiger partial charge on any atom is -0.493 e. The zero-order chi connectivity index (χ0) is 15.2. The molecule has 1 aliphatic carbocycles. The molecule has 0 bridgehead atoms. The number of rotatable bonds is 5. The van der Waals surface area contributed by atoms with Gasteiger partial charge in [0.25, 0.3) is 0 Å². The highest BCUT2D eigenvalue weighted by Gasteiger charge is 2.18. The SMILES string of the molecule is COc1cc(Br)c(/C=C(/CO)C2CCCCC2)cc1OC. The molecule has 0 saturated heterocycles. The van der Waals surface area contributed by atoms with Crippen LogP contribution in [0, 0.1) is 5.92 Å². The van der Waals surface area contributed by atoms with Gasteiger partial charge in [-0.15, -0.1) is 0 Å². The van der Waals surface area contributed by atoms with Gasteiger partial charge in [0, 0.05) is 4.47 Å². The molecule has 21 heavy (non-hydrogen) atoms. The number of halogens is 1. The summed E-state index contributed by atoms with van der Waals surface area (Å²) in [6.07, 6.45) is 8.27. The maximum absolute atomic E-state index is 9.72. The standard InChI is InChI=1S/C17H23BrO3/c1-20-16-9-13(15(18)10-17(16)21-2)8-14(11-19)12-6-4-3-5-7-12/h8-10,12,19H,3-7,11H2,1-2H3/b14-8-. The van der Waals surface area contributed by atoms with E-state index in [4.69, 9.17) is 9.47 Å². The van der Waals surface area contributed by atoms with E-state index in [1.165, 1.54) is 32.1 Å². The van der Waals surface area contributed by atoms with E-state index in [0.717, 1.165) is 15.6 Å². The average molecular weight is 355 g/mol. The molecular weight excluding hydrogens is 332 g/mol. The quantitative estimate of drug-likeness (QED) is 0.850. The van der Waals surface area contributed by atoms with Crippen LogP contribution in [0.4, 0.5) is 0 Å². The van der Waals surface area contributed by atoms with E-state index in [1.807, 2.05) is 12.1 Å². The monoisotopic (exact) mass is 354 g/mol. The van der Waals surface area contributed by atoms with Crippen molar-refractivity contribution in [2.75, 3.05) is 20.8 Å². The van der Waals surface area contributed by atoms with Crippen molar-refractivity contribution in [3.8, 4) is 11.5 Å². The van der Waals surface area contributed by atoms with Crippen molar-refractivity contribution >= 4 is 22.0 Å². The fraction of sp³-hybridized carbons (Fsp3) is 0.529. The molecule has 1 aromatic rings. The second-order valence-corrected chi connectivity index (χ2v) is 6.30. The smallest absolute Gasteiger partial charge is 0.161 e. The first-order valence-corrected chi connectivity index (χ1v) is 8.21. The largest absolute Gasteiger partial charge is 0.493 e. The van der Waals surface area contributed by atoms with Crippen LogP contribution in [0.25, 0.3) is 6.08 Å². The Hall–Kier alpha value is -1.00. The number of benzene rings is 1. The Balaban J connectivity index is 2.32. The van der Waals surface area contributed by atoms with Crippen LogP contribution in [0.1, 0.15) is 37.7 Å². The fourth-order valence-electron chi connectivity index (χ4n) is 2.95. The molecule has 0 amide bonds. The van der Waals surface area contributed by atoms with Gasteiger partial charge in [-0.2, -0.15) is 0 Å². The van der Waals surface area contributed by atoms with Gasteiger partial charge >= 0.3 is 0 Å². The van der Waals surface area contributed by atoms with Crippen LogP contribution < -0.4 is 9.47 Å². The molecule has 0 spiro atoms. The maximum Gasteiger partial charge on any atom is 0.161 e. The molecule has 3 nitrogen and oxygen atoms in total. The average Bonchev–Trinajstić information content (AvgIpc) is 2.54. The summed E-state index contributed by atoms with van der Waals surface area (Å²) in [6, 6.07) is 3.85. The van der Waals surface area contributed by atoms with Crippen LogP contribution >= 0.6 is 15.9 Å². The Morgan fingerprint density at radius 3 is 2.38 bits per heavy atom. The molecule has 1 saturated carbocycles. The summed E-state index contributed by atoms with van der Waals surface area (Å²) in [5, 5.41) is 9.72. The number of ether oxygens (including phenoxy) is 2. The lowest BCUT2D eigenvalue weighted by Gasteiger charge is -2.23. The molecule has 0 aromatic heterocycles. The first kappa shape index (κ1) is 16.4. The van der Waals surface area contributed by atoms with Crippen LogP contribution in [0.15, 0.2) is 22.2 Å². The van der Waals surface area contributed by atoms with Crippen LogP contribution in [-0.4, -0.2) is 25.9 Å². The molecule has 0 atom stereocenters. The second-order valence-electron chi connectivity index (χ2n) is 5.44. The summed E-state index contributed by atoms with van der Waals surface area (Å²) in [7, 11) is 3.26. The van der Waals surface area contributed by atoms with Crippen molar-refractivity contribution in [3.05, 3.63) is 27.7 Å². The van der Waals surface area contributed by atoms with Crippen LogP contribution in [0.3, 0.4) is 0 Å². The number of hydrogen-bond donors (Lipinski definition) is 1. The molecule has 4 heteroatoms. The van der Waals surface area contributed by atoms with E-state index < -0.39 is 0 Å². The first-order chi connectivity index (χ1) is 10.2. The third-order valence-corrected chi connectivity index (χ3v) is 4.84. The normalized spacial score (nSPS) is 16.9. The molecule has 0 heterocycles. The summed E-state index contributed by atoms with van der Waals surface area (Å²) < 4.78 is 11.6. The number of methoxy groups -OCH3 is 2. The van der Waals surface area contributed by atoms with Gasteiger partial charge in [0.05, 0.1) is 20.8 Å². The number of aliphatic hydroxyl groups excluding tert-OH is 1. The zero-order valence-electron chi connectivity index (χ0n) is 12.7. The zero-order valence-corrected chi connectivity index (χ0v) is 14.3. The lowest BCUT2D eigenvalue weighted by molar-refractivity contribution is 0.295. The van der Waals surface area contributed by atoms with E-state index in [9.17, 15) is 5.11 Å². The first-order valence-electron chi connectivity index (χ1n) is 7.42. The van der Waals surface area contributed by atoms with Gasteiger partial charge in [-0.25, -0.2) is 0 Å². The third-order valence-electron chi connectivity index (χ3n) is 4.16. The van der Waals surface area contributed by atoms with Gasteiger partial charge in [-0.1, -0.05) is 41.3 Å². The summed E-state index contributed by atoms with van der Waals surface area (Å²) >= 11 is 3.57. The van der Waals surface area contributed by atoms with Gasteiger partial charge in [-0.3, -0.25) is 0 Å². The molecule has 0 unspecified atom stereocenters.